The zero-order chi connectivity index (χ0) is 12.0. The molecule has 1 saturated heterocycles. The third kappa shape index (κ3) is 2.27. The fourth-order valence-corrected chi connectivity index (χ4v) is 3.12. The molecule has 2 aliphatic rings. The van der Waals surface area contributed by atoms with Gasteiger partial charge in [0, 0.05) is 11.1 Å². The van der Waals surface area contributed by atoms with E-state index in [0.717, 1.165) is 12.8 Å². The summed E-state index contributed by atoms with van der Waals surface area (Å²) in [5.41, 5.74) is -0.145. The molecule has 0 bridgehead atoms. The summed E-state index contributed by atoms with van der Waals surface area (Å²) in [6.45, 7) is 8.65. The van der Waals surface area contributed by atoms with E-state index in [0.29, 0.717) is 6.10 Å². The molecule has 1 heterocycles. The maximum atomic E-state index is 9.92. The molecule has 1 aliphatic carbocycles. The molecule has 0 spiro atoms. The minimum atomic E-state index is -0.203. The van der Waals surface area contributed by atoms with Crippen molar-refractivity contribution >= 4 is 0 Å². The van der Waals surface area contributed by atoms with Crippen molar-refractivity contribution in [2.24, 2.45) is 0 Å². The molecular weight excluding hydrogens is 202 g/mol. The van der Waals surface area contributed by atoms with Crippen LogP contribution in [0.15, 0.2) is 0 Å². The number of aliphatic hydroxyl groups excluding tert-OH is 1. The first-order valence-corrected chi connectivity index (χ1v) is 6.46. The largest absolute Gasteiger partial charge is 0.393 e. The molecule has 3 nitrogen and oxygen atoms in total. The summed E-state index contributed by atoms with van der Waals surface area (Å²) >= 11 is 0. The van der Waals surface area contributed by atoms with Gasteiger partial charge in [0.1, 0.15) is 0 Å². The Balaban J connectivity index is 2.10. The van der Waals surface area contributed by atoms with Crippen LogP contribution < -0.4 is 0 Å². The number of piperidine rings is 1. The van der Waals surface area contributed by atoms with E-state index in [1.54, 1.807) is 0 Å². The van der Waals surface area contributed by atoms with Gasteiger partial charge in [-0.15, -0.1) is 0 Å². The van der Waals surface area contributed by atoms with Gasteiger partial charge in [0.05, 0.1) is 12.2 Å². The second-order valence-corrected chi connectivity index (χ2v) is 6.64. The Hall–Kier alpha value is -0.120. The van der Waals surface area contributed by atoms with Gasteiger partial charge in [0.2, 0.25) is 0 Å². The van der Waals surface area contributed by atoms with Crippen LogP contribution in [0.3, 0.4) is 0 Å². The predicted molar refractivity (Wildman–Crippen MR) is 64.0 cm³/mol. The lowest BCUT2D eigenvalue weighted by molar-refractivity contribution is -0.323. The van der Waals surface area contributed by atoms with Crippen molar-refractivity contribution in [2.45, 2.75) is 83.1 Å². The highest BCUT2D eigenvalue weighted by Gasteiger charge is 2.47. The summed E-state index contributed by atoms with van der Waals surface area (Å²) in [6.07, 6.45) is 5.46. The number of hydrogen-bond donors (Lipinski definition) is 1. The van der Waals surface area contributed by atoms with Crippen LogP contribution in [0.2, 0.25) is 0 Å². The highest BCUT2D eigenvalue weighted by molar-refractivity contribution is 4.97. The van der Waals surface area contributed by atoms with E-state index in [9.17, 15) is 5.11 Å². The number of hydroxylamine groups is 2. The normalized spacial score (nSPS) is 31.3. The minimum Gasteiger partial charge on any atom is -0.393 e. The Bertz CT molecular complexity index is 241. The van der Waals surface area contributed by atoms with Gasteiger partial charge in [-0.1, -0.05) is 0 Å². The van der Waals surface area contributed by atoms with Gasteiger partial charge >= 0.3 is 0 Å². The highest BCUT2D eigenvalue weighted by atomic mass is 16.7. The van der Waals surface area contributed by atoms with Crippen molar-refractivity contribution < 1.29 is 9.94 Å². The Morgan fingerprint density at radius 3 is 1.94 bits per heavy atom. The first kappa shape index (κ1) is 12.3. The minimum absolute atomic E-state index is 0.0727. The molecule has 3 heteroatoms. The molecule has 0 aromatic carbocycles. The van der Waals surface area contributed by atoms with Gasteiger partial charge in [0.15, 0.2) is 0 Å². The topological polar surface area (TPSA) is 32.7 Å². The summed E-state index contributed by atoms with van der Waals surface area (Å²) in [4.78, 5) is 6.13. The number of hydrogen-bond acceptors (Lipinski definition) is 3. The van der Waals surface area contributed by atoms with E-state index in [1.807, 2.05) is 0 Å². The Kier molecular flexibility index (Phi) is 3.06. The quantitative estimate of drug-likeness (QED) is 0.786. The molecule has 0 aromatic heterocycles. The zero-order valence-electron chi connectivity index (χ0n) is 11.0. The van der Waals surface area contributed by atoms with Crippen LogP contribution in [0.1, 0.15) is 59.8 Å². The van der Waals surface area contributed by atoms with Crippen molar-refractivity contribution in [3.63, 3.8) is 0 Å². The van der Waals surface area contributed by atoms with Crippen LogP contribution in [0.4, 0.5) is 0 Å². The lowest BCUT2D eigenvalue weighted by Gasteiger charge is -2.54. The van der Waals surface area contributed by atoms with Crippen LogP contribution in [0.5, 0.6) is 0 Å². The monoisotopic (exact) mass is 227 g/mol. The third-order valence-electron chi connectivity index (χ3n) is 3.88. The predicted octanol–water partition coefficient (Wildman–Crippen LogP) is 2.48. The van der Waals surface area contributed by atoms with Gasteiger partial charge in [0.25, 0.3) is 0 Å². The molecular formula is C13H25NO2. The van der Waals surface area contributed by atoms with Gasteiger partial charge in [-0.25, -0.2) is 0 Å². The molecule has 0 atom stereocenters. The SMILES string of the molecule is CC1(C)CC(O)CC(C)(C)N1OC1CCC1. The van der Waals surface area contributed by atoms with E-state index < -0.39 is 0 Å². The standard InChI is InChI=1S/C13H25NO2/c1-12(2)8-10(15)9-13(3,4)14(12)16-11-6-5-7-11/h10-11,15H,5-9H2,1-4H3. The van der Waals surface area contributed by atoms with Gasteiger partial charge in [-0.2, -0.15) is 5.06 Å². The molecule has 0 radical (unpaired) electrons. The van der Waals surface area contributed by atoms with Crippen LogP contribution in [0.25, 0.3) is 0 Å². The average Bonchev–Trinajstić information content (AvgIpc) is 1.94. The third-order valence-corrected chi connectivity index (χ3v) is 3.88. The molecule has 1 aliphatic heterocycles. The average molecular weight is 227 g/mol. The zero-order valence-corrected chi connectivity index (χ0v) is 11.0. The van der Waals surface area contributed by atoms with Crippen molar-refractivity contribution in [3.05, 3.63) is 0 Å². The van der Waals surface area contributed by atoms with Crippen LogP contribution in [0, 0.1) is 0 Å². The summed E-state index contributed by atoms with van der Waals surface area (Å²) in [6, 6.07) is 0. The van der Waals surface area contributed by atoms with E-state index in [2.05, 4.69) is 32.8 Å². The number of rotatable bonds is 2. The molecule has 0 unspecified atom stereocenters. The summed E-state index contributed by atoms with van der Waals surface area (Å²) in [5, 5.41) is 12.1. The van der Waals surface area contributed by atoms with Crippen LogP contribution in [-0.2, 0) is 4.84 Å². The first-order chi connectivity index (χ1) is 7.31. The molecule has 2 rings (SSSR count). The molecule has 0 amide bonds. The van der Waals surface area contributed by atoms with Gasteiger partial charge < -0.3 is 5.11 Å². The summed E-state index contributed by atoms with van der Waals surface area (Å²) in [5.74, 6) is 0. The van der Waals surface area contributed by atoms with Crippen molar-refractivity contribution in [2.75, 3.05) is 0 Å². The Morgan fingerprint density at radius 2 is 1.56 bits per heavy atom. The van der Waals surface area contributed by atoms with E-state index in [4.69, 9.17) is 4.84 Å². The molecule has 0 aromatic rings. The fraction of sp³-hybridized carbons (Fsp3) is 1.00. The van der Waals surface area contributed by atoms with Gasteiger partial charge in [-0.05, 0) is 59.8 Å². The van der Waals surface area contributed by atoms with Crippen LogP contribution in [-0.4, -0.2) is 33.5 Å². The molecule has 1 N–H and O–H groups in total. The Labute approximate surface area is 98.7 Å². The molecule has 2 fully saturated rings. The van der Waals surface area contributed by atoms with E-state index in [1.165, 1.54) is 19.3 Å². The summed E-state index contributed by atoms with van der Waals surface area (Å²) < 4.78 is 0. The fourth-order valence-electron chi connectivity index (χ4n) is 3.12. The van der Waals surface area contributed by atoms with E-state index in [-0.39, 0.29) is 17.2 Å². The second-order valence-electron chi connectivity index (χ2n) is 6.64. The molecule has 94 valence electrons. The van der Waals surface area contributed by atoms with Crippen molar-refractivity contribution in [1.82, 2.24) is 5.06 Å². The smallest absolute Gasteiger partial charge is 0.0793 e. The lowest BCUT2D eigenvalue weighted by atomic mass is 9.80. The Morgan fingerprint density at radius 1 is 1.06 bits per heavy atom. The van der Waals surface area contributed by atoms with E-state index >= 15 is 0 Å². The first-order valence-electron chi connectivity index (χ1n) is 6.46. The maximum absolute atomic E-state index is 9.92. The summed E-state index contributed by atoms with van der Waals surface area (Å²) in [7, 11) is 0. The van der Waals surface area contributed by atoms with Crippen molar-refractivity contribution in [1.29, 1.82) is 0 Å². The highest BCUT2D eigenvalue weighted by Crippen LogP contribution is 2.40. The maximum Gasteiger partial charge on any atom is 0.0793 e. The van der Waals surface area contributed by atoms with Crippen molar-refractivity contribution in [3.8, 4) is 0 Å². The second kappa shape index (κ2) is 3.97. The molecule has 1 saturated carbocycles. The number of aliphatic hydroxyl groups is 1. The van der Waals surface area contributed by atoms with Crippen LogP contribution >= 0.6 is 0 Å². The number of nitrogens with zero attached hydrogens (tertiary/aromatic N) is 1. The van der Waals surface area contributed by atoms with Gasteiger partial charge in [-0.3, -0.25) is 4.84 Å². The molecule has 16 heavy (non-hydrogen) atoms. The lowest BCUT2D eigenvalue weighted by Crippen LogP contribution is -2.62.